The topological polar surface area (TPSA) is 9.23 Å². The molecule has 0 spiro atoms. The molecule has 1 nitrogen and oxygen atoms in total. The van der Waals surface area contributed by atoms with Crippen molar-refractivity contribution in [3.05, 3.63) is 57.8 Å². The molecule has 2 aromatic rings. The molecule has 0 aliphatic heterocycles. The lowest BCUT2D eigenvalue weighted by Crippen LogP contribution is -1.90. The van der Waals surface area contributed by atoms with Crippen LogP contribution in [-0.4, -0.2) is 0 Å². The minimum absolute atomic E-state index is 0.303. The molecule has 0 fully saturated rings. The molecule has 0 heterocycles. The van der Waals surface area contributed by atoms with Crippen LogP contribution in [-0.2, 0) is 5.88 Å². The molecule has 0 atom stereocenters. The van der Waals surface area contributed by atoms with E-state index in [1.165, 1.54) is 12.1 Å². The SMILES string of the molecule is Cc1cc(Oc2ccc(F)cc2Br)ccc1CCl. The first-order chi connectivity index (χ1) is 8.60. The van der Waals surface area contributed by atoms with E-state index in [4.69, 9.17) is 16.3 Å². The summed E-state index contributed by atoms with van der Waals surface area (Å²) < 4.78 is 19.2. The van der Waals surface area contributed by atoms with Crippen LogP contribution < -0.4 is 4.74 Å². The van der Waals surface area contributed by atoms with Gasteiger partial charge in [-0.2, -0.15) is 0 Å². The summed E-state index contributed by atoms with van der Waals surface area (Å²) in [4.78, 5) is 0. The van der Waals surface area contributed by atoms with Gasteiger partial charge in [0.25, 0.3) is 0 Å². The Labute approximate surface area is 119 Å². The zero-order valence-corrected chi connectivity index (χ0v) is 12.1. The van der Waals surface area contributed by atoms with Crippen LogP contribution in [0.25, 0.3) is 0 Å². The molecular weight excluding hydrogens is 319 g/mol. The zero-order valence-electron chi connectivity index (χ0n) is 9.71. The molecule has 0 unspecified atom stereocenters. The van der Waals surface area contributed by atoms with Crippen LogP contribution in [0.4, 0.5) is 4.39 Å². The van der Waals surface area contributed by atoms with Crippen LogP contribution in [0.2, 0.25) is 0 Å². The molecule has 0 aromatic heterocycles. The summed E-state index contributed by atoms with van der Waals surface area (Å²) >= 11 is 9.06. The molecule has 94 valence electrons. The Morgan fingerprint density at radius 3 is 2.61 bits per heavy atom. The maximum absolute atomic E-state index is 12.9. The molecule has 0 saturated carbocycles. The summed E-state index contributed by atoms with van der Waals surface area (Å²) in [6.07, 6.45) is 0. The summed E-state index contributed by atoms with van der Waals surface area (Å²) in [6, 6.07) is 10.0. The largest absolute Gasteiger partial charge is 0.456 e. The summed E-state index contributed by atoms with van der Waals surface area (Å²) in [7, 11) is 0. The number of hydrogen-bond donors (Lipinski definition) is 0. The minimum Gasteiger partial charge on any atom is -0.456 e. The molecule has 0 aliphatic carbocycles. The lowest BCUT2D eigenvalue weighted by molar-refractivity contribution is 0.476. The fraction of sp³-hybridized carbons (Fsp3) is 0.143. The number of hydrogen-bond acceptors (Lipinski definition) is 1. The third-order valence-electron chi connectivity index (χ3n) is 2.58. The van der Waals surface area contributed by atoms with Crippen LogP contribution in [0.1, 0.15) is 11.1 Å². The monoisotopic (exact) mass is 328 g/mol. The second kappa shape index (κ2) is 5.72. The van der Waals surface area contributed by atoms with Crippen LogP contribution in [0.15, 0.2) is 40.9 Å². The Hall–Kier alpha value is -1.06. The number of aryl methyl sites for hydroxylation is 1. The molecular formula is C14H11BrClFO. The second-order valence-corrected chi connectivity index (χ2v) is 5.02. The van der Waals surface area contributed by atoms with E-state index < -0.39 is 0 Å². The van der Waals surface area contributed by atoms with E-state index in [0.717, 1.165) is 11.1 Å². The summed E-state index contributed by atoms with van der Waals surface area (Å²) in [5.41, 5.74) is 2.14. The smallest absolute Gasteiger partial charge is 0.141 e. The van der Waals surface area contributed by atoms with E-state index in [1.807, 2.05) is 25.1 Å². The first-order valence-electron chi connectivity index (χ1n) is 5.38. The molecule has 0 N–H and O–H groups in total. The summed E-state index contributed by atoms with van der Waals surface area (Å²) in [6.45, 7) is 1.98. The van der Waals surface area contributed by atoms with Gasteiger partial charge in [-0.05, 0) is 64.3 Å². The van der Waals surface area contributed by atoms with E-state index in [-0.39, 0.29) is 5.82 Å². The number of rotatable bonds is 3. The Kier molecular flexibility index (Phi) is 4.25. The van der Waals surface area contributed by atoms with Crippen molar-refractivity contribution in [1.82, 2.24) is 0 Å². The average Bonchev–Trinajstić information content (AvgIpc) is 2.33. The quantitative estimate of drug-likeness (QED) is 0.682. The van der Waals surface area contributed by atoms with Gasteiger partial charge in [-0.25, -0.2) is 4.39 Å². The van der Waals surface area contributed by atoms with Gasteiger partial charge in [0.15, 0.2) is 0 Å². The van der Waals surface area contributed by atoms with Gasteiger partial charge in [0, 0.05) is 5.88 Å². The number of benzene rings is 2. The maximum Gasteiger partial charge on any atom is 0.141 e. The third kappa shape index (κ3) is 3.03. The van der Waals surface area contributed by atoms with Crippen molar-refractivity contribution in [3.8, 4) is 11.5 Å². The molecule has 2 rings (SSSR count). The molecule has 4 heteroatoms. The highest BCUT2D eigenvalue weighted by Crippen LogP contribution is 2.31. The minimum atomic E-state index is -0.303. The van der Waals surface area contributed by atoms with Gasteiger partial charge in [-0.15, -0.1) is 11.6 Å². The molecule has 0 amide bonds. The van der Waals surface area contributed by atoms with Gasteiger partial charge in [0.2, 0.25) is 0 Å². The lowest BCUT2D eigenvalue weighted by atomic mass is 10.1. The standard InChI is InChI=1S/C14H11BrClFO/c1-9-6-12(4-2-10(9)8-16)18-14-5-3-11(17)7-13(14)15/h2-7H,8H2,1H3. The van der Waals surface area contributed by atoms with E-state index in [9.17, 15) is 4.39 Å². The molecule has 0 saturated heterocycles. The fourth-order valence-electron chi connectivity index (χ4n) is 1.57. The Bertz CT molecular complexity index is 572. The maximum atomic E-state index is 12.9. The van der Waals surface area contributed by atoms with Gasteiger partial charge in [0.1, 0.15) is 17.3 Å². The first kappa shape index (κ1) is 13.4. The van der Waals surface area contributed by atoms with Crippen LogP contribution in [0.3, 0.4) is 0 Å². The van der Waals surface area contributed by atoms with Gasteiger partial charge >= 0.3 is 0 Å². The number of halogens is 3. The average molecular weight is 330 g/mol. The van der Waals surface area contributed by atoms with Gasteiger partial charge in [-0.3, -0.25) is 0 Å². The third-order valence-corrected chi connectivity index (χ3v) is 3.49. The van der Waals surface area contributed by atoms with Crippen molar-refractivity contribution in [2.24, 2.45) is 0 Å². The lowest BCUT2D eigenvalue weighted by Gasteiger charge is -2.10. The van der Waals surface area contributed by atoms with Crippen molar-refractivity contribution in [2.75, 3.05) is 0 Å². The van der Waals surface area contributed by atoms with Crippen molar-refractivity contribution in [1.29, 1.82) is 0 Å². The Balaban J connectivity index is 2.26. The molecule has 18 heavy (non-hydrogen) atoms. The van der Waals surface area contributed by atoms with Gasteiger partial charge < -0.3 is 4.74 Å². The highest BCUT2D eigenvalue weighted by atomic mass is 79.9. The van der Waals surface area contributed by atoms with Crippen molar-refractivity contribution < 1.29 is 9.13 Å². The number of ether oxygens (including phenoxy) is 1. The highest BCUT2D eigenvalue weighted by Gasteiger charge is 2.05. The number of alkyl halides is 1. The van der Waals surface area contributed by atoms with E-state index >= 15 is 0 Å². The predicted molar refractivity (Wildman–Crippen MR) is 74.9 cm³/mol. The normalized spacial score (nSPS) is 10.4. The van der Waals surface area contributed by atoms with E-state index in [0.29, 0.717) is 21.9 Å². The van der Waals surface area contributed by atoms with E-state index in [1.54, 1.807) is 6.07 Å². The van der Waals surface area contributed by atoms with Gasteiger partial charge in [-0.1, -0.05) is 6.07 Å². The van der Waals surface area contributed by atoms with Crippen LogP contribution in [0, 0.1) is 12.7 Å². The van der Waals surface area contributed by atoms with Gasteiger partial charge in [0.05, 0.1) is 4.47 Å². The zero-order chi connectivity index (χ0) is 13.1. The molecule has 0 bridgehead atoms. The summed E-state index contributed by atoms with van der Waals surface area (Å²) in [5, 5.41) is 0. The predicted octanol–water partition coefficient (Wildman–Crippen LogP) is 5.43. The van der Waals surface area contributed by atoms with Crippen molar-refractivity contribution in [2.45, 2.75) is 12.8 Å². The van der Waals surface area contributed by atoms with E-state index in [2.05, 4.69) is 15.9 Å². The van der Waals surface area contributed by atoms with Crippen molar-refractivity contribution in [3.63, 3.8) is 0 Å². The van der Waals surface area contributed by atoms with Crippen LogP contribution in [0.5, 0.6) is 11.5 Å². The van der Waals surface area contributed by atoms with Crippen molar-refractivity contribution >= 4 is 27.5 Å². The molecule has 0 radical (unpaired) electrons. The molecule has 2 aromatic carbocycles. The fourth-order valence-corrected chi connectivity index (χ4v) is 2.30. The Morgan fingerprint density at radius 2 is 2.00 bits per heavy atom. The highest BCUT2D eigenvalue weighted by molar-refractivity contribution is 9.10. The first-order valence-corrected chi connectivity index (χ1v) is 6.71. The van der Waals surface area contributed by atoms with Crippen LogP contribution >= 0.6 is 27.5 Å². The Morgan fingerprint density at radius 1 is 1.22 bits per heavy atom. The second-order valence-electron chi connectivity index (χ2n) is 3.90. The molecule has 0 aliphatic rings. The summed E-state index contributed by atoms with van der Waals surface area (Å²) in [5.74, 6) is 1.46.